The molecule has 1 unspecified atom stereocenters. The molecule has 1 saturated heterocycles. The smallest absolute Gasteiger partial charge is 0.104 e. The topological polar surface area (TPSA) is 27.0 Å². The summed E-state index contributed by atoms with van der Waals surface area (Å²) in [7, 11) is 0. The van der Waals surface area contributed by atoms with Gasteiger partial charge in [-0.15, -0.1) is 18.3 Å². The van der Waals surface area contributed by atoms with Crippen molar-refractivity contribution in [3.8, 4) is 6.07 Å². The highest BCUT2D eigenvalue weighted by Crippen LogP contribution is 2.34. The monoisotopic (exact) mass is 210 g/mol. The van der Waals surface area contributed by atoms with Crippen molar-refractivity contribution in [1.29, 1.82) is 5.26 Å². The van der Waals surface area contributed by atoms with Crippen LogP contribution in [-0.2, 0) is 0 Å². The molecular formula is C11H18N2S. The number of nitrogens with zero attached hydrogens (tertiary/aromatic N) is 2. The van der Waals surface area contributed by atoms with E-state index in [1.54, 1.807) is 11.8 Å². The number of thioether (sulfide) groups is 1. The van der Waals surface area contributed by atoms with E-state index in [-0.39, 0.29) is 4.75 Å². The summed E-state index contributed by atoms with van der Waals surface area (Å²) in [5, 5.41) is 9.11. The Morgan fingerprint density at radius 3 is 2.50 bits per heavy atom. The third-order valence-electron chi connectivity index (χ3n) is 3.12. The lowest BCUT2D eigenvalue weighted by Crippen LogP contribution is -2.44. The summed E-state index contributed by atoms with van der Waals surface area (Å²) in [6.07, 6.45) is 5.96. The van der Waals surface area contributed by atoms with Gasteiger partial charge in [0.1, 0.15) is 4.75 Å². The van der Waals surface area contributed by atoms with Crippen molar-refractivity contribution in [3.05, 3.63) is 12.7 Å². The zero-order chi connectivity index (χ0) is 10.6. The third-order valence-corrected chi connectivity index (χ3v) is 4.40. The lowest BCUT2D eigenvalue weighted by atomic mass is 9.96. The number of likely N-dealkylation sites (tertiary alicyclic amines) is 1. The zero-order valence-electron chi connectivity index (χ0n) is 8.99. The lowest BCUT2D eigenvalue weighted by Gasteiger charge is -2.38. The molecular weight excluding hydrogens is 192 g/mol. The molecule has 0 bridgehead atoms. The van der Waals surface area contributed by atoms with Gasteiger partial charge in [0, 0.05) is 19.1 Å². The molecule has 14 heavy (non-hydrogen) atoms. The van der Waals surface area contributed by atoms with Gasteiger partial charge in [-0.2, -0.15) is 5.26 Å². The van der Waals surface area contributed by atoms with E-state index in [9.17, 15) is 0 Å². The summed E-state index contributed by atoms with van der Waals surface area (Å²) in [5.41, 5.74) is 0. The second-order valence-corrected chi connectivity index (χ2v) is 5.01. The minimum atomic E-state index is -0.128. The van der Waals surface area contributed by atoms with Crippen LogP contribution in [0.4, 0.5) is 0 Å². The molecule has 1 rings (SSSR count). The maximum atomic E-state index is 9.11. The molecule has 0 spiro atoms. The highest BCUT2D eigenvalue weighted by atomic mass is 32.2. The van der Waals surface area contributed by atoms with Crippen LogP contribution in [0.3, 0.4) is 0 Å². The molecule has 0 aliphatic carbocycles. The normalized spacial score (nSPS) is 23.8. The van der Waals surface area contributed by atoms with Crippen LogP contribution in [0.1, 0.15) is 19.8 Å². The van der Waals surface area contributed by atoms with Crippen molar-refractivity contribution in [2.45, 2.75) is 30.6 Å². The van der Waals surface area contributed by atoms with Crippen molar-refractivity contribution >= 4 is 11.8 Å². The SMILES string of the molecule is C=CC(C)N1CCC(C#N)(SC)CC1. The van der Waals surface area contributed by atoms with E-state index in [1.807, 2.05) is 12.3 Å². The fourth-order valence-corrected chi connectivity index (χ4v) is 2.49. The number of hydrogen-bond acceptors (Lipinski definition) is 3. The Hall–Kier alpha value is -0.460. The summed E-state index contributed by atoms with van der Waals surface area (Å²) in [5.74, 6) is 0. The van der Waals surface area contributed by atoms with Gasteiger partial charge >= 0.3 is 0 Å². The Morgan fingerprint density at radius 1 is 1.57 bits per heavy atom. The quantitative estimate of drug-likeness (QED) is 0.669. The first kappa shape index (κ1) is 11.6. The average Bonchev–Trinajstić information content (AvgIpc) is 2.28. The summed E-state index contributed by atoms with van der Waals surface area (Å²) in [6, 6.07) is 2.89. The van der Waals surface area contributed by atoms with Crippen LogP contribution in [0.25, 0.3) is 0 Å². The molecule has 0 aromatic heterocycles. The maximum absolute atomic E-state index is 9.11. The van der Waals surface area contributed by atoms with Gasteiger partial charge in [0.15, 0.2) is 0 Å². The molecule has 78 valence electrons. The zero-order valence-corrected chi connectivity index (χ0v) is 9.81. The van der Waals surface area contributed by atoms with E-state index in [2.05, 4.69) is 24.5 Å². The number of hydrogen-bond donors (Lipinski definition) is 0. The van der Waals surface area contributed by atoms with Crippen LogP contribution in [0, 0.1) is 11.3 Å². The van der Waals surface area contributed by atoms with Gasteiger partial charge in [0.25, 0.3) is 0 Å². The minimum Gasteiger partial charge on any atom is -0.297 e. The van der Waals surface area contributed by atoms with Crippen LogP contribution in [0.2, 0.25) is 0 Å². The Morgan fingerprint density at radius 2 is 2.14 bits per heavy atom. The van der Waals surface area contributed by atoms with Gasteiger partial charge in [0.05, 0.1) is 6.07 Å². The molecule has 1 aliphatic rings. The van der Waals surface area contributed by atoms with Crippen LogP contribution >= 0.6 is 11.8 Å². The van der Waals surface area contributed by atoms with E-state index >= 15 is 0 Å². The Labute approximate surface area is 91.0 Å². The van der Waals surface area contributed by atoms with E-state index < -0.39 is 0 Å². The Kier molecular flexibility index (Phi) is 4.03. The van der Waals surface area contributed by atoms with Gasteiger partial charge in [-0.1, -0.05) is 6.08 Å². The second kappa shape index (κ2) is 4.86. The van der Waals surface area contributed by atoms with Gasteiger partial charge in [-0.05, 0) is 26.0 Å². The standard InChI is InChI=1S/C11H18N2S/c1-4-10(2)13-7-5-11(9-12,14-3)6-8-13/h4,10H,1,5-8H2,2-3H3. The molecule has 1 heterocycles. The molecule has 0 amide bonds. The Bertz CT molecular complexity index is 236. The van der Waals surface area contributed by atoms with Crippen LogP contribution in [0.15, 0.2) is 12.7 Å². The molecule has 1 atom stereocenters. The van der Waals surface area contributed by atoms with Gasteiger partial charge in [-0.25, -0.2) is 0 Å². The molecule has 0 saturated carbocycles. The second-order valence-electron chi connectivity index (χ2n) is 3.82. The molecule has 2 nitrogen and oxygen atoms in total. The first-order valence-corrected chi connectivity index (χ1v) is 6.23. The predicted octanol–water partition coefficient (Wildman–Crippen LogP) is 2.28. The molecule has 3 heteroatoms. The summed E-state index contributed by atoms with van der Waals surface area (Å²) < 4.78 is -0.128. The van der Waals surface area contributed by atoms with Crippen LogP contribution in [-0.4, -0.2) is 35.0 Å². The minimum absolute atomic E-state index is 0.128. The Balaban J connectivity index is 2.53. The molecule has 0 aromatic rings. The van der Waals surface area contributed by atoms with E-state index in [1.165, 1.54) is 0 Å². The van der Waals surface area contributed by atoms with Crippen molar-refractivity contribution in [2.75, 3.05) is 19.3 Å². The number of piperidine rings is 1. The highest BCUT2D eigenvalue weighted by molar-refractivity contribution is 8.00. The fourth-order valence-electron chi connectivity index (χ4n) is 1.80. The largest absolute Gasteiger partial charge is 0.297 e. The summed E-state index contributed by atoms with van der Waals surface area (Å²) in [6.45, 7) is 7.99. The third kappa shape index (κ3) is 2.31. The number of nitriles is 1. The van der Waals surface area contributed by atoms with E-state index in [0.717, 1.165) is 25.9 Å². The van der Waals surface area contributed by atoms with Gasteiger partial charge in [0.2, 0.25) is 0 Å². The molecule has 1 aliphatic heterocycles. The van der Waals surface area contributed by atoms with Crippen molar-refractivity contribution < 1.29 is 0 Å². The first-order valence-electron chi connectivity index (χ1n) is 5.00. The van der Waals surface area contributed by atoms with E-state index in [0.29, 0.717) is 6.04 Å². The predicted molar refractivity (Wildman–Crippen MR) is 62.3 cm³/mol. The maximum Gasteiger partial charge on any atom is 0.104 e. The fraction of sp³-hybridized carbons (Fsp3) is 0.727. The summed E-state index contributed by atoms with van der Waals surface area (Å²) >= 11 is 1.70. The molecule has 0 aromatic carbocycles. The van der Waals surface area contributed by atoms with Gasteiger partial charge in [-0.3, -0.25) is 4.90 Å². The summed E-state index contributed by atoms with van der Waals surface area (Å²) in [4.78, 5) is 2.39. The highest BCUT2D eigenvalue weighted by Gasteiger charge is 2.34. The van der Waals surface area contributed by atoms with Gasteiger partial charge < -0.3 is 0 Å². The van der Waals surface area contributed by atoms with E-state index in [4.69, 9.17) is 5.26 Å². The first-order chi connectivity index (χ1) is 6.67. The lowest BCUT2D eigenvalue weighted by molar-refractivity contribution is 0.191. The number of rotatable bonds is 3. The molecule has 0 radical (unpaired) electrons. The van der Waals surface area contributed by atoms with Crippen LogP contribution < -0.4 is 0 Å². The molecule has 1 fully saturated rings. The van der Waals surface area contributed by atoms with Crippen LogP contribution in [0.5, 0.6) is 0 Å². The van der Waals surface area contributed by atoms with Crippen molar-refractivity contribution in [1.82, 2.24) is 4.90 Å². The van der Waals surface area contributed by atoms with Crippen molar-refractivity contribution in [3.63, 3.8) is 0 Å². The van der Waals surface area contributed by atoms with Crippen molar-refractivity contribution in [2.24, 2.45) is 0 Å². The average molecular weight is 210 g/mol. The molecule has 0 N–H and O–H groups in total.